The van der Waals surface area contributed by atoms with Crippen LogP contribution < -0.4 is 10.9 Å². The quantitative estimate of drug-likeness (QED) is 0.850. The SMILES string of the molecule is O=C(NC1CCN(C(=O)C2CC2)CC1)c1cccc(=O)[nH]1. The van der Waals surface area contributed by atoms with Crippen molar-refractivity contribution < 1.29 is 9.59 Å². The molecule has 2 amide bonds. The van der Waals surface area contributed by atoms with Crippen LogP contribution >= 0.6 is 0 Å². The van der Waals surface area contributed by atoms with E-state index in [0.717, 1.165) is 25.7 Å². The minimum atomic E-state index is -0.285. The highest BCUT2D eigenvalue weighted by atomic mass is 16.2. The van der Waals surface area contributed by atoms with Gasteiger partial charge in [0.15, 0.2) is 0 Å². The molecule has 1 aromatic heterocycles. The van der Waals surface area contributed by atoms with Gasteiger partial charge in [-0.2, -0.15) is 0 Å². The summed E-state index contributed by atoms with van der Waals surface area (Å²) in [5, 5.41) is 2.92. The number of rotatable bonds is 3. The molecular weight excluding hydrogens is 270 g/mol. The van der Waals surface area contributed by atoms with E-state index in [0.29, 0.717) is 13.1 Å². The number of nitrogens with one attached hydrogen (secondary N) is 2. The van der Waals surface area contributed by atoms with Gasteiger partial charge in [0.25, 0.3) is 5.91 Å². The van der Waals surface area contributed by atoms with Gasteiger partial charge in [-0.25, -0.2) is 0 Å². The van der Waals surface area contributed by atoms with Crippen LogP contribution in [0, 0.1) is 5.92 Å². The second-order valence-electron chi connectivity index (χ2n) is 5.78. The maximum Gasteiger partial charge on any atom is 0.268 e. The molecule has 1 saturated carbocycles. The molecule has 0 radical (unpaired) electrons. The minimum Gasteiger partial charge on any atom is -0.348 e. The van der Waals surface area contributed by atoms with Crippen molar-refractivity contribution in [2.75, 3.05) is 13.1 Å². The number of pyridine rings is 1. The van der Waals surface area contributed by atoms with Gasteiger partial charge < -0.3 is 15.2 Å². The second-order valence-corrected chi connectivity index (χ2v) is 5.78. The molecule has 2 heterocycles. The van der Waals surface area contributed by atoms with Crippen molar-refractivity contribution in [3.63, 3.8) is 0 Å². The van der Waals surface area contributed by atoms with Crippen molar-refractivity contribution in [1.82, 2.24) is 15.2 Å². The Morgan fingerprint density at radius 3 is 2.48 bits per heavy atom. The van der Waals surface area contributed by atoms with Crippen molar-refractivity contribution in [1.29, 1.82) is 0 Å². The van der Waals surface area contributed by atoms with Crippen LogP contribution in [0.2, 0.25) is 0 Å². The average molecular weight is 289 g/mol. The van der Waals surface area contributed by atoms with Crippen LogP contribution in [0.25, 0.3) is 0 Å². The lowest BCUT2D eigenvalue weighted by atomic mass is 10.0. The molecule has 1 aliphatic heterocycles. The molecule has 1 saturated heterocycles. The normalized spacial score (nSPS) is 19.3. The van der Waals surface area contributed by atoms with E-state index < -0.39 is 0 Å². The first kappa shape index (κ1) is 13.9. The molecule has 3 rings (SSSR count). The van der Waals surface area contributed by atoms with Crippen molar-refractivity contribution in [2.45, 2.75) is 31.7 Å². The first-order chi connectivity index (χ1) is 10.1. The Morgan fingerprint density at radius 2 is 1.86 bits per heavy atom. The van der Waals surface area contributed by atoms with Crippen LogP contribution in [0.15, 0.2) is 23.0 Å². The van der Waals surface area contributed by atoms with Gasteiger partial charge in [-0.15, -0.1) is 0 Å². The van der Waals surface area contributed by atoms with Gasteiger partial charge in [0, 0.05) is 31.1 Å². The smallest absolute Gasteiger partial charge is 0.268 e. The highest BCUT2D eigenvalue weighted by molar-refractivity contribution is 5.92. The molecule has 1 aliphatic carbocycles. The van der Waals surface area contributed by atoms with Crippen molar-refractivity contribution in [2.24, 2.45) is 5.92 Å². The molecule has 2 fully saturated rings. The zero-order valence-electron chi connectivity index (χ0n) is 11.8. The van der Waals surface area contributed by atoms with Crippen LogP contribution in [0.1, 0.15) is 36.2 Å². The molecule has 0 atom stereocenters. The number of aromatic amines is 1. The Kier molecular flexibility index (Phi) is 3.77. The fourth-order valence-electron chi connectivity index (χ4n) is 2.68. The summed E-state index contributed by atoms with van der Waals surface area (Å²) in [6.45, 7) is 1.40. The fourth-order valence-corrected chi connectivity index (χ4v) is 2.68. The van der Waals surface area contributed by atoms with Gasteiger partial charge in [-0.05, 0) is 31.7 Å². The molecular formula is C15H19N3O3. The summed E-state index contributed by atoms with van der Waals surface area (Å²) in [4.78, 5) is 39.6. The summed E-state index contributed by atoms with van der Waals surface area (Å²) in [5.74, 6) is 0.261. The Bertz CT molecular complexity index is 598. The van der Waals surface area contributed by atoms with Gasteiger partial charge in [0.2, 0.25) is 11.5 Å². The van der Waals surface area contributed by atoms with Gasteiger partial charge >= 0.3 is 0 Å². The molecule has 0 bridgehead atoms. The standard InChI is InChI=1S/C15H19N3O3/c19-13-3-1-2-12(17-13)14(20)16-11-6-8-18(9-7-11)15(21)10-4-5-10/h1-3,10-11H,4-9H2,(H,16,20)(H,17,19). The van der Waals surface area contributed by atoms with E-state index in [1.165, 1.54) is 6.07 Å². The monoisotopic (exact) mass is 289 g/mol. The van der Waals surface area contributed by atoms with Crippen LogP contribution in [0.5, 0.6) is 0 Å². The molecule has 6 heteroatoms. The largest absolute Gasteiger partial charge is 0.348 e. The summed E-state index contributed by atoms with van der Waals surface area (Å²) in [6, 6.07) is 4.58. The lowest BCUT2D eigenvalue weighted by Crippen LogP contribution is -2.47. The maximum absolute atomic E-state index is 12.0. The molecule has 2 aliphatic rings. The number of carbonyl (C=O) groups excluding carboxylic acids is 2. The molecule has 0 aromatic carbocycles. The van der Waals surface area contributed by atoms with E-state index in [1.807, 2.05) is 4.90 Å². The van der Waals surface area contributed by atoms with Crippen molar-refractivity contribution in [3.05, 3.63) is 34.2 Å². The zero-order chi connectivity index (χ0) is 14.8. The third-order valence-corrected chi connectivity index (χ3v) is 4.08. The Hall–Kier alpha value is -2.11. The van der Waals surface area contributed by atoms with E-state index in [2.05, 4.69) is 10.3 Å². The minimum absolute atomic E-state index is 0.0597. The Balaban J connectivity index is 1.52. The third-order valence-electron chi connectivity index (χ3n) is 4.08. The van der Waals surface area contributed by atoms with E-state index in [1.54, 1.807) is 12.1 Å². The molecule has 1 aromatic rings. The van der Waals surface area contributed by atoms with Gasteiger partial charge in [0.1, 0.15) is 5.69 Å². The number of likely N-dealkylation sites (tertiary alicyclic amines) is 1. The number of H-pyrrole nitrogens is 1. The number of aromatic nitrogens is 1. The Labute approximate surface area is 122 Å². The van der Waals surface area contributed by atoms with Gasteiger partial charge in [-0.3, -0.25) is 14.4 Å². The summed E-state index contributed by atoms with van der Waals surface area (Å²) in [7, 11) is 0. The predicted octanol–water partition coefficient (Wildman–Crippen LogP) is 0.506. The number of piperidine rings is 1. The molecule has 0 spiro atoms. The van der Waals surface area contributed by atoms with E-state index in [9.17, 15) is 14.4 Å². The number of carbonyl (C=O) groups is 2. The van der Waals surface area contributed by atoms with Gasteiger partial charge in [0.05, 0.1) is 0 Å². The second kappa shape index (κ2) is 5.71. The highest BCUT2D eigenvalue weighted by Crippen LogP contribution is 2.31. The summed E-state index contributed by atoms with van der Waals surface area (Å²) < 4.78 is 0. The average Bonchev–Trinajstić information content (AvgIpc) is 3.32. The van der Waals surface area contributed by atoms with Crippen LogP contribution in [0.3, 0.4) is 0 Å². The fraction of sp³-hybridized carbons (Fsp3) is 0.533. The summed E-state index contributed by atoms with van der Waals surface area (Å²) >= 11 is 0. The Morgan fingerprint density at radius 1 is 1.14 bits per heavy atom. The van der Waals surface area contributed by atoms with E-state index in [-0.39, 0.29) is 35.0 Å². The molecule has 0 unspecified atom stereocenters. The molecule has 6 nitrogen and oxygen atoms in total. The molecule has 2 N–H and O–H groups in total. The first-order valence-corrected chi connectivity index (χ1v) is 7.42. The lowest BCUT2D eigenvalue weighted by molar-refractivity contribution is -0.133. The van der Waals surface area contributed by atoms with Crippen molar-refractivity contribution >= 4 is 11.8 Å². The number of hydrogen-bond donors (Lipinski definition) is 2. The summed E-state index contributed by atoms with van der Waals surface area (Å²) in [5.41, 5.74) is -0.00788. The summed E-state index contributed by atoms with van der Waals surface area (Å²) in [6.07, 6.45) is 3.58. The number of hydrogen-bond acceptors (Lipinski definition) is 3. The third kappa shape index (κ3) is 3.32. The molecule has 112 valence electrons. The topological polar surface area (TPSA) is 82.3 Å². The van der Waals surface area contributed by atoms with Gasteiger partial charge in [-0.1, -0.05) is 6.07 Å². The predicted molar refractivity (Wildman–Crippen MR) is 76.9 cm³/mol. The zero-order valence-corrected chi connectivity index (χ0v) is 11.8. The lowest BCUT2D eigenvalue weighted by Gasteiger charge is -2.32. The number of nitrogens with zero attached hydrogens (tertiary/aromatic N) is 1. The number of amides is 2. The van der Waals surface area contributed by atoms with Crippen LogP contribution in [-0.2, 0) is 4.79 Å². The molecule has 21 heavy (non-hydrogen) atoms. The van der Waals surface area contributed by atoms with E-state index in [4.69, 9.17) is 0 Å². The van der Waals surface area contributed by atoms with Crippen LogP contribution in [-0.4, -0.2) is 40.8 Å². The maximum atomic E-state index is 12.0. The highest BCUT2D eigenvalue weighted by Gasteiger charge is 2.35. The van der Waals surface area contributed by atoms with Crippen molar-refractivity contribution in [3.8, 4) is 0 Å². The van der Waals surface area contributed by atoms with E-state index >= 15 is 0 Å². The van der Waals surface area contributed by atoms with Crippen LogP contribution in [0.4, 0.5) is 0 Å². The first-order valence-electron chi connectivity index (χ1n) is 7.42.